The van der Waals surface area contributed by atoms with E-state index in [0.717, 1.165) is 22.6 Å². The molecule has 0 aliphatic rings. The molecule has 0 aliphatic carbocycles. The van der Waals surface area contributed by atoms with E-state index in [1.54, 1.807) is 7.11 Å². The van der Waals surface area contributed by atoms with Gasteiger partial charge in [-0.15, -0.1) is 0 Å². The van der Waals surface area contributed by atoms with Crippen LogP contribution in [0.5, 0.6) is 5.75 Å². The van der Waals surface area contributed by atoms with Crippen molar-refractivity contribution in [1.29, 1.82) is 0 Å². The van der Waals surface area contributed by atoms with Crippen molar-refractivity contribution in [2.24, 2.45) is 0 Å². The minimum absolute atomic E-state index is 0.0122. The van der Waals surface area contributed by atoms with Gasteiger partial charge in [0.2, 0.25) is 5.91 Å². The largest absolute Gasteiger partial charge is 0.496 e. The van der Waals surface area contributed by atoms with Gasteiger partial charge in [0.05, 0.1) is 7.11 Å². The summed E-state index contributed by atoms with van der Waals surface area (Å²) in [5.74, 6) is 0.873. The highest BCUT2D eigenvalue weighted by atomic mass is 16.5. The standard InChI is InChI=1S/C18H22N2O2/c1-14-6-5-8-16(12-14)20-18(21)10-11-19-13-15-7-3-4-9-17(15)22-2/h3-9,12,19H,10-11,13H2,1-2H3,(H,20,21). The summed E-state index contributed by atoms with van der Waals surface area (Å²) in [6.45, 7) is 3.31. The molecule has 0 saturated heterocycles. The van der Waals surface area contributed by atoms with Gasteiger partial charge in [-0.1, -0.05) is 30.3 Å². The van der Waals surface area contributed by atoms with Crippen molar-refractivity contribution >= 4 is 11.6 Å². The number of amides is 1. The number of rotatable bonds is 7. The summed E-state index contributed by atoms with van der Waals surface area (Å²) in [6.07, 6.45) is 0.434. The molecule has 1 amide bonds. The Hall–Kier alpha value is -2.33. The molecule has 2 aromatic rings. The molecule has 0 radical (unpaired) electrons. The van der Waals surface area contributed by atoms with Crippen LogP contribution in [0.15, 0.2) is 48.5 Å². The van der Waals surface area contributed by atoms with Gasteiger partial charge in [0.25, 0.3) is 0 Å². The molecule has 2 rings (SSSR count). The third-order valence-electron chi connectivity index (χ3n) is 3.34. The average Bonchev–Trinajstić information content (AvgIpc) is 2.52. The van der Waals surface area contributed by atoms with Crippen molar-refractivity contribution in [2.45, 2.75) is 19.9 Å². The van der Waals surface area contributed by atoms with Gasteiger partial charge in [0, 0.05) is 30.8 Å². The molecule has 2 N–H and O–H groups in total. The smallest absolute Gasteiger partial charge is 0.225 e. The van der Waals surface area contributed by atoms with E-state index >= 15 is 0 Å². The van der Waals surface area contributed by atoms with Crippen molar-refractivity contribution in [2.75, 3.05) is 19.0 Å². The Kier molecular flexibility index (Phi) is 5.98. The molecule has 0 saturated carbocycles. The Morgan fingerprint density at radius 1 is 1.14 bits per heavy atom. The van der Waals surface area contributed by atoms with Crippen LogP contribution in [0.25, 0.3) is 0 Å². The van der Waals surface area contributed by atoms with Crippen LogP contribution in [0.1, 0.15) is 17.5 Å². The topological polar surface area (TPSA) is 50.4 Å². The lowest BCUT2D eigenvalue weighted by molar-refractivity contribution is -0.116. The third kappa shape index (κ3) is 4.90. The Morgan fingerprint density at radius 2 is 1.95 bits per heavy atom. The van der Waals surface area contributed by atoms with Crippen LogP contribution in [-0.2, 0) is 11.3 Å². The first kappa shape index (κ1) is 16.0. The van der Waals surface area contributed by atoms with E-state index in [9.17, 15) is 4.79 Å². The normalized spacial score (nSPS) is 10.3. The molecule has 4 heteroatoms. The van der Waals surface area contributed by atoms with Gasteiger partial charge in [-0.3, -0.25) is 4.79 Å². The summed E-state index contributed by atoms with van der Waals surface area (Å²) in [4.78, 5) is 11.9. The number of methoxy groups -OCH3 is 1. The summed E-state index contributed by atoms with van der Waals surface area (Å²) >= 11 is 0. The fourth-order valence-electron chi connectivity index (χ4n) is 2.22. The van der Waals surface area contributed by atoms with Crippen LogP contribution in [0.4, 0.5) is 5.69 Å². The van der Waals surface area contributed by atoms with Crippen molar-refractivity contribution in [1.82, 2.24) is 5.32 Å². The fraction of sp³-hybridized carbons (Fsp3) is 0.278. The number of hydrogen-bond acceptors (Lipinski definition) is 3. The maximum atomic E-state index is 11.9. The van der Waals surface area contributed by atoms with E-state index in [0.29, 0.717) is 19.5 Å². The van der Waals surface area contributed by atoms with Crippen LogP contribution in [-0.4, -0.2) is 19.6 Å². The van der Waals surface area contributed by atoms with Crippen LogP contribution in [0, 0.1) is 6.92 Å². The molecule has 0 aliphatic heterocycles. The molecule has 0 bridgehead atoms. The van der Waals surface area contributed by atoms with E-state index in [4.69, 9.17) is 4.74 Å². The van der Waals surface area contributed by atoms with Gasteiger partial charge in [-0.25, -0.2) is 0 Å². The molecule has 0 atom stereocenters. The number of hydrogen-bond donors (Lipinski definition) is 2. The van der Waals surface area contributed by atoms with Crippen molar-refractivity contribution in [3.63, 3.8) is 0 Å². The number of aryl methyl sites for hydroxylation is 1. The molecule has 4 nitrogen and oxygen atoms in total. The molecule has 0 unspecified atom stereocenters. The highest BCUT2D eigenvalue weighted by Crippen LogP contribution is 2.16. The quantitative estimate of drug-likeness (QED) is 0.772. The van der Waals surface area contributed by atoms with Crippen LogP contribution < -0.4 is 15.4 Å². The van der Waals surface area contributed by atoms with E-state index in [1.807, 2.05) is 55.5 Å². The lowest BCUT2D eigenvalue weighted by atomic mass is 10.2. The summed E-state index contributed by atoms with van der Waals surface area (Å²) < 4.78 is 5.29. The molecule has 22 heavy (non-hydrogen) atoms. The van der Waals surface area contributed by atoms with Crippen LogP contribution in [0.2, 0.25) is 0 Å². The number of anilines is 1. The predicted octanol–water partition coefficient (Wildman–Crippen LogP) is 3.12. The second-order valence-electron chi connectivity index (χ2n) is 5.16. The van der Waals surface area contributed by atoms with E-state index in [-0.39, 0.29) is 5.91 Å². The molecule has 116 valence electrons. The Bertz CT molecular complexity index is 626. The SMILES string of the molecule is COc1ccccc1CNCCC(=O)Nc1cccc(C)c1. The number of nitrogens with one attached hydrogen (secondary N) is 2. The maximum Gasteiger partial charge on any atom is 0.225 e. The monoisotopic (exact) mass is 298 g/mol. The Morgan fingerprint density at radius 3 is 2.73 bits per heavy atom. The fourth-order valence-corrected chi connectivity index (χ4v) is 2.22. The van der Waals surface area contributed by atoms with Gasteiger partial charge in [0.15, 0.2) is 0 Å². The van der Waals surface area contributed by atoms with Crippen LogP contribution in [0.3, 0.4) is 0 Å². The van der Waals surface area contributed by atoms with Gasteiger partial charge in [-0.2, -0.15) is 0 Å². The van der Waals surface area contributed by atoms with Gasteiger partial charge >= 0.3 is 0 Å². The van der Waals surface area contributed by atoms with Crippen molar-refractivity contribution < 1.29 is 9.53 Å². The number of para-hydroxylation sites is 1. The molecular weight excluding hydrogens is 276 g/mol. The molecule has 0 aromatic heterocycles. The summed E-state index contributed by atoms with van der Waals surface area (Å²) in [7, 11) is 1.66. The minimum atomic E-state index is 0.0122. The first-order valence-electron chi connectivity index (χ1n) is 7.38. The summed E-state index contributed by atoms with van der Waals surface area (Å²) in [5, 5.41) is 6.16. The Balaban J connectivity index is 1.73. The zero-order chi connectivity index (χ0) is 15.8. The second kappa shape index (κ2) is 8.20. The highest BCUT2D eigenvalue weighted by Gasteiger charge is 2.04. The molecule has 2 aromatic carbocycles. The lowest BCUT2D eigenvalue weighted by Crippen LogP contribution is -2.21. The maximum absolute atomic E-state index is 11.9. The Labute approximate surface area is 131 Å². The summed E-state index contributed by atoms with van der Waals surface area (Å²) in [6, 6.07) is 15.7. The lowest BCUT2D eigenvalue weighted by Gasteiger charge is -2.10. The highest BCUT2D eigenvalue weighted by molar-refractivity contribution is 5.90. The average molecular weight is 298 g/mol. The second-order valence-corrected chi connectivity index (χ2v) is 5.16. The van der Waals surface area contributed by atoms with Gasteiger partial charge in [0.1, 0.15) is 5.75 Å². The minimum Gasteiger partial charge on any atom is -0.496 e. The first-order chi connectivity index (χ1) is 10.7. The third-order valence-corrected chi connectivity index (χ3v) is 3.34. The number of carbonyl (C=O) groups is 1. The van der Waals surface area contributed by atoms with Gasteiger partial charge < -0.3 is 15.4 Å². The summed E-state index contributed by atoms with van der Waals surface area (Å²) in [5.41, 5.74) is 3.06. The number of benzene rings is 2. The molecular formula is C18H22N2O2. The van der Waals surface area contributed by atoms with Crippen molar-refractivity contribution in [3.8, 4) is 5.75 Å². The van der Waals surface area contributed by atoms with Crippen molar-refractivity contribution in [3.05, 3.63) is 59.7 Å². The number of ether oxygens (including phenoxy) is 1. The molecule has 0 heterocycles. The van der Waals surface area contributed by atoms with E-state index in [2.05, 4.69) is 10.6 Å². The molecule has 0 spiro atoms. The first-order valence-corrected chi connectivity index (χ1v) is 7.38. The van der Waals surface area contributed by atoms with Gasteiger partial charge in [-0.05, 0) is 30.7 Å². The van der Waals surface area contributed by atoms with E-state index in [1.165, 1.54) is 0 Å². The zero-order valence-corrected chi connectivity index (χ0v) is 13.1. The van der Waals surface area contributed by atoms with E-state index < -0.39 is 0 Å². The molecule has 0 fully saturated rings. The predicted molar refractivity (Wildman–Crippen MR) is 89.1 cm³/mol. The zero-order valence-electron chi connectivity index (χ0n) is 13.1. The number of carbonyl (C=O) groups excluding carboxylic acids is 1. The van der Waals surface area contributed by atoms with Crippen LogP contribution >= 0.6 is 0 Å².